The van der Waals surface area contributed by atoms with Crippen molar-refractivity contribution < 1.29 is 12.8 Å². The molecule has 3 rings (SSSR count). The smallest absolute Gasteiger partial charge is 0.244 e. The van der Waals surface area contributed by atoms with Crippen LogP contribution in [-0.2, 0) is 23.1 Å². The molecule has 8 heteroatoms. The van der Waals surface area contributed by atoms with Gasteiger partial charge in [-0.15, -0.1) is 0 Å². The van der Waals surface area contributed by atoms with Gasteiger partial charge < -0.3 is 4.42 Å². The van der Waals surface area contributed by atoms with Crippen LogP contribution in [0.25, 0.3) is 0 Å². The highest BCUT2D eigenvalue weighted by Crippen LogP contribution is 2.30. The van der Waals surface area contributed by atoms with Gasteiger partial charge in [0.15, 0.2) is 0 Å². The maximum Gasteiger partial charge on any atom is 0.244 e. The maximum atomic E-state index is 13.2. The molecule has 0 aliphatic rings. The molecule has 0 fully saturated rings. The molecule has 5 nitrogen and oxygen atoms in total. The van der Waals surface area contributed by atoms with Crippen molar-refractivity contribution in [2.75, 3.05) is 0 Å². The van der Waals surface area contributed by atoms with E-state index in [4.69, 9.17) is 4.42 Å². The number of nitrogens with zero attached hydrogens (tertiary/aromatic N) is 2. The van der Waals surface area contributed by atoms with E-state index in [9.17, 15) is 8.42 Å². The molecular formula is C17H14Br2N2O3S. The van der Waals surface area contributed by atoms with Gasteiger partial charge >= 0.3 is 0 Å². The molecule has 0 amide bonds. The van der Waals surface area contributed by atoms with Gasteiger partial charge in [0.1, 0.15) is 5.76 Å². The molecule has 2 heterocycles. The highest BCUT2D eigenvalue weighted by molar-refractivity contribution is 9.11. The number of hydrogen-bond acceptors (Lipinski definition) is 4. The molecule has 0 unspecified atom stereocenters. The van der Waals surface area contributed by atoms with Crippen molar-refractivity contribution in [3.63, 3.8) is 0 Å². The Balaban J connectivity index is 2.01. The van der Waals surface area contributed by atoms with Gasteiger partial charge in [0.25, 0.3) is 0 Å². The zero-order valence-corrected chi connectivity index (χ0v) is 17.0. The van der Waals surface area contributed by atoms with Crippen LogP contribution >= 0.6 is 31.9 Å². The first-order valence-electron chi connectivity index (χ1n) is 7.33. The van der Waals surface area contributed by atoms with Crippen LogP contribution in [0.1, 0.15) is 11.3 Å². The van der Waals surface area contributed by atoms with Gasteiger partial charge in [0.05, 0.1) is 17.7 Å². The second-order valence-electron chi connectivity index (χ2n) is 5.29. The number of furan rings is 1. The Bertz CT molecular complexity index is 945. The molecule has 0 bridgehead atoms. The van der Waals surface area contributed by atoms with Crippen LogP contribution in [-0.4, -0.2) is 17.7 Å². The van der Waals surface area contributed by atoms with Crippen LogP contribution in [0.15, 0.2) is 79.4 Å². The zero-order valence-electron chi connectivity index (χ0n) is 13.0. The van der Waals surface area contributed by atoms with Gasteiger partial charge in [-0.3, -0.25) is 4.98 Å². The fourth-order valence-electron chi connectivity index (χ4n) is 2.31. The third kappa shape index (κ3) is 4.38. The zero-order chi connectivity index (χ0) is 17.9. The summed E-state index contributed by atoms with van der Waals surface area (Å²) in [6.45, 7) is 0.318. The predicted octanol–water partition coefficient (Wildman–Crippen LogP) is 4.59. The highest BCUT2D eigenvalue weighted by atomic mass is 79.9. The number of sulfonamides is 1. The van der Waals surface area contributed by atoms with Crippen LogP contribution < -0.4 is 0 Å². The number of aromatic nitrogens is 1. The normalized spacial score (nSPS) is 11.8. The molecule has 1 aromatic carbocycles. The van der Waals surface area contributed by atoms with E-state index in [2.05, 4.69) is 36.8 Å². The summed E-state index contributed by atoms with van der Waals surface area (Å²) < 4.78 is 34.4. The monoisotopic (exact) mass is 484 g/mol. The van der Waals surface area contributed by atoms with Crippen LogP contribution in [0.3, 0.4) is 0 Å². The van der Waals surface area contributed by atoms with Crippen LogP contribution in [0.2, 0.25) is 0 Å². The molecule has 3 aromatic rings. The third-order valence-electron chi connectivity index (χ3n) is 3.51. The summed E-state index contributed by atoms with van der Waals surface area (Å²) in [7, 11) is -3.76. The molecule has 0 atom stereocenters. The van der Waals surface area contributed by atoms with Crippen molar-refractivity contribution in [3.8, 4) is 0 Å². The van der Waals surface area contributed by atoms with E-state index in [1.807, 2.05) is 6.07 Å². The molecule has 25 heavy (non-hydrogen) atoms. The molecule has 0 aliphatic carbocycles. The van der Waals surface area contributed by atoms with E-state index in [0.717, 1.165) is 5.56 Å². The molecule has 0 saturated heterocycles. The van der Waals surface area contributed by atoms with Crippen molar-refractivity contribution in [2.24, 2.45) is 0 Å². The minimum absolute atomic E-state index is 0.128. The molecule has 0 aliphatic heterocycles. The second kappa shape index (κ2) is 7.82. The SMILES string of the molecule is O=S(=O)(c1cc(Br)ccc1Br)N(Cc1cccnc1)Cc1ccco1. The Morgan fingerprint density at radius 3 is 2.60 bits per heavy atom. The predicted molar refractivity (Wildman–Crippen MR) is 101 cm³/mol. The largest absolute Gasteiger partial charge is 0.468 e. The Labute approximate surface area is 163 Å². The highest BCUT2D eigenvalue weighted by Gasteiger charge is 2.28. The Kier molecular flexibility index (Phi) is 5.73. The van der Waals surface area contributed by atoms with Gasteiger partial charge in [-0.2, -0.15) is 4.31 Å². The molecule has 0 spiro atoms. The van der Waals surface area contributed by atoms with E-state index in [1.54, 1.807) is 48.8 Å². The number of pyridine rings is 1. The van der Waals surface area contributed by atoms with E-state index < -0.39 is 10.0 Å². The molecule has 0 radical (unpaired) electrons. The summed E-state index contributed by atoms with van der Waals surface area (Å²) in [6.07, 6.45) is 4.83. The summed E-state index contributed by atoms with van der Waals surface area (Å²) in [5.74, 6) is 0.568. The number of halogens is 2. The molecule has 0 saturated carbocycles. The Morgan fingerprint density at radius 2 is 1.92 bits per heavy atom. The van der Waals surface area contributed by atoms with Crippen LogP contribution in [0.5, 0.6) is 0 Å². The Morgan fingerprint density at radius 1 is 1.08 bits per heavy atom. The quantitative estimate of drug-likeness (QED) is 0.512. The van der Waals surface area contributed by atoms with Crippen LogP contribution in [0, 0.1) is 0 Å². The van der Waals surface area contributed by atoms with Crippen molar-refractivity contribution in [1.82, 2.24) is 9.29 Å². The van der Waals surface area contributed by atoms with Crippen LogP contribution in [0.4, 0.5) is 0 Å². The molecular weight excluding hydrogens is 472 g/mol. The first kappa shape index (κ1) is 18.3. The lowest BCUT2D eigenvalue weighted by Crippen LogP contribution is -2.30. The van der Waals surface area contributed by atoms with Crippen molar-refractivity contribution >= 4 is 41.9 Å². The van der Waals surface area contributed by atoms with Gasteiger partial charge in [-0.1, -0.05) is 22.0 Å². The molecule has 0 N–H and O–H groups in total. The average Bonchev–Trinajstić information content (AvgIpc) is 3.10. The van der Waals surface area contributed by atoms with Crippen molar-refractivity contribution in [2.45, 2.75) is 18.0 Å². The summed E-state index contributed by atoms with van der Waals surface area (Å²) in [5.41, 5.74) is 0.795. The van der Waals surface area contributed by atoms with E-state index in [1.165, 1.54) is 10.6 Å². The van der Waals surface area contributed by atoms with Gasteiger partial charge in [-0.25, -0.2) is 8.42 Å². The standard InChI is InChI=1S/C17H14Br2N2O3S/c18-14-5-6-16(19)17(9-14)25(22,23)21(12-15-4-2-8-24-15)11-13-3-1-7-20-10-13/h1-10H,11-12H2. The van der Waals surface area contributed by atoms with Gasteiger partial charge in [-0.05, 0) is 57.9 Å². The Hall–Kier alpha value is -1.48. The lowest BCUT2D eigenvalue weighted by atomic mass is 10.3. The number of benzene rings is 1. The second-order valence-corrected chi connectivity index (χ2v) is 8.96. The van der Waals surface area contributed by atoms with E-state index in [0.29, 0.717) is 14.7 Å². The first-order chi connectivity index (χ1) is 12.0. The maximum absolute atomic E-state index is 13.2. The summed E-state index contributed by atoms with van der Waals surface area (Å²) in [4.78, 5) is 4.25. The lowest BCUT2D eigenvalue weighted by molar-refractivity contribution is 0.358. The first-order valence-corrected chi connectivity index (χ1v) is 10.4. The topological polar surface area (TPSA) is 63.4 Å². The minimum Gasteiger partial charge on any atom is -0.468 e. The fourth-order valence-corrected chi connectivity index (χ4v) is 5.17. The van der Waals surface area contributed by atoms with E-state index in [-0.39, 0.29) is 18.0 Å². The fraction of sp³-hybridized carbons (Fsp3) is 0.118. The molecule has 130 valence electrons. The van der Waals surface area contributed by atoms with Gasteiger partial charge in [0.2, 0.25) is 10.0 Å². The minimum atomic E-state index is -3.76. The van der Waals surface area contributed by atoms with E-state index >= 15 is 0 Å². The van der Waals surface area contributed by atoms with Crippen molar-refractivity contribution in [1.29, 1.82) is 0 Å². The number of hydrogen-bond donors (Lipinski definition) is 0. The van der Waals surface area contributed by atoms with Crippen molar-refractivity contribution in [3.05, 3.63) is 81.4 Å². The molecule has 2 aromatic heterocycles. The average molecular weight is 486 g/mol. The number of rotatable bonds is 6. The summed E-state index contributed by atoms with van der Waals surface area (Å²) >= 11 is 6.67. The summed E-state index contributed by atoms with van der Waals surface area (Å²) in [6, 6.07) is 12.2. The third-order valence-corrected chi connectivity index (χ3v) is 6.78. The van der Waals surface area contributed by atoms with Gasteiger partial charge in [0, 0.05) is 27.9 Å². The summed E-state index contributed by atoms with van der Waals surface area (Å²) in [5, 5.41) is 0. The lowest BCUT2D eigenvalue weighted by Gasteiger charge is -2.22.